The summed E-state index contributed by atoms with van der Waals surface area (Å²) < 4.78 is 17.0. The van der Waals surface area contributed by atoms with Crippen molar-refractivity contribution in [2.45, 2.75) is 31.5 Å². The van der Waals surface area contributed by atoms with E-state index in [-0.39, 0.29) is 6.10 Å². The summed E-state index contributed by atoms with van der Waals surface area (Å²) in [6.45, 7) is 8.66. The van der Waals surface area contributed by atoms with Crippen LogP contribution in [0, 0.1) is 0 Å². The van der Waals surface area contributed by atoms with E-state index in [4.69, 9.17) is 14.2 Å². The van der Waals surface area contributed by atoms with Crippen molar-refractivity contribution in [1.82, 2.24) is 20.0 Å². The van der Waals surface area contributed by atoms with Gasteiger partial charge in [0.25, 0.3) is 0 Å². The van der Waals surface area contributed by atoms with Crippen LogP contribution in [0.25, 0.3) is 0 Å². The minimum absolute atomic E-state index is 0.243. The van der Waals surface area contributed by atoms with Gasteiger partial charge < -0.3 is 24.4 Å². The van der Waals surface area contributed by atoms with Crippen molar-refractivity contribution in [1.29, 1.82) is 0 Å². The van der Waals surface area contributed by atoms with Crippen molar-refractivity contribution in [2.24, 2.45) is 4.99 Å². The van der Waals surface area contributed by atoms with Gasteiger partial charge >= 0.3 is 0 Å². The molecule has 1 N–H and O–H groups in total. The molecule has 0 amide bonds. The highest BCUT2D eigenvalue weighted by Crippen LogP contribution is 2.26. The van der Waals surface area contributed by atoms with Gasteiger partial charge in [-0.25, -0.2) is 0 Å². The second kappa shape index (κ2) is 10.5. The third-order valence-electron chi connectivity index (χ3n) is 6.71. The van der Waals surface area contributed by atoms with Gasteiger partial charge in [-0.3, -0.25) is 14.8 Å². The van der Waals surface area contributed by atoms with Crippen molar-refractivity contribution in [3.63, 3.8) is 0 Å². The number of guanidine groups is 1. The molecule has 8 heteroatoms. The molecular formula is C23H37N5O3. The van der Waals surface area contributed by atoms with Crippen LogP contribution in [-0.2, 0) is 11.3 Å². The van der Waals surface area contributed by atoms with Gasteiger partial charge in [-0.15, -0.1) is 0 Å². The predicted molar refractivity (Wildman–Crippen MR) is 122 cm³/mol. The first-order chi connectivity index (χ1) is 15.2. The number of piperazine rings is 1. The minimum atomic E-state index is 0.243. The molecule has 31 heavy (non-hydrogen) atoms. The topological polar surface area (TPSA) is 61.8 Å². The van der Waals surface area contributed by atoms with Crippen LogP contribution in [0.5, 0.6) is 11.5 Å². The molecule has 3 aliphatic heterocycles. The molecule has 1 aromatic carbocycles. The van der Waals surface area contributed by atoms with Crippen molar-refractivity contribution in [3.8, 4) is 11.5 Å². The molecular weight excluding hydrogens is 394 g/mol. The molecule has 0 bridgehead atoms. The number of ether oxygens (including phenoxy) is 3. The van der Waals surface area contributed by atoms with Gasteiger partial charge in [0.05, 0.1) is 26.9 Å². The van der Waals surface area contributed by atoms with E-state index in [0.717, 1.165) is 75.4 Å². The Morgan fingerprint density at radius 2 is 2.00 bits per heavy atom. The van der Waals surface area contributed by atoms with Crippen LogP contribution in [0.3, 0.4) is 0 Å². The van der Waals surface area contributed by atoms with Crippen LogP contribution in [0.15, 0.2) is 23.2 Å². The zero-order chi connectivity index (χ0) is 21.6. The molecule has 3 saturated heterocycles. The van der Waals surface area contributed by atoms with Crippen LogP contribution in [0.2, 0.25) is 0 Å². The molecule has 0 aromatic heterocycles. The Kier molecular flexibility index (Phi) is 7.53. The Morgan fingerprint density at radius 1 is 1.16 bits per heavy atom. The normalized spacial score (nSPS) is 25.4. The quantitative estimate of drug-likeness (QED) is 0.537. The number of nitrogens with one attached hydrogen (secondary N) is 1. The number of fused-ring (bicyclic) bond motifs is 1. The monoisotopic (exact) mass is 431 g/mol. The fourth-order valence-electron chi connectivity index (χ4n) is 4.91. The maximum absolute atomic E-state index is 6.09. The van der Waals surface area contributed by atoms with Gasteiger partial charge in [-0.05, 0) is 37.6 Å². The summed E-state index contributed by atoms with van der Waals surface area (Å²) in [4.78, 5) is 11.9. The summed E-state index contributed by atoms with van der Waals surface area (Å²) >= 11 is 0. The molecule has 0 spiro atoms. The predicted octanol–water partition coefficient (Wildman–Crippen LogP) is 1.26. The Labute approximate surface area is 186 Å². The number of aliphatic imine (C=N–C) groups is 1. The van der Waals surface area contributed by atoms with Gasteiger partial charge in [0.1, 0.15) is 11.5 Å². The lowest BCUT2D eigenvalue weighted by molar-refractivity contribution is -0.0455. The van der Waals surface area contributed by atoms with E-state index in [0.29, 0.717) is 6.04 Å². The Morgan fingerprint density at radius 3 is 2.74 bits per heavy atom. The van der Waals surface area contributed by atoms with Crippen molar-refractivity contribution in [2.75, 3.05) is 73.7 Å². The highest BCUT2D eigenvalue weighted by molar-refractivity contribution is 5.80. The summed E-state index contributed by atoms with van der Waals surface area (Å²) in [5.74, 6) is 2.75. The third kappa shape index (κ3) is 5.42. The summed E-state index contributed by atoms with van der Waals surface area (Å²) in [7, 11) is 5.29. The van der Waals surface area contributed by atoms with Crippen LogP contribution in [0.1, 0.15) is 18.4 Å². The van der Waals surface area contributed by atoms with Gasteiger partial charge in [0, 0.05) is 64.5 Å². The minimum Gasteiger partial charge on any atom is -0.497 e. The van der Waals surface area contributed by atoms with E-state index in [2.05, 4.69) is 31.1 Å². The number of methoxy groups -OCH3 is 2. The van der Waals surface area contributed by atoms with E-state index in [1.54, 1.807) is 14.2 Å². The summed E-state index contributed by atoms with van der Waals surface area (Å²) in [5, 5.41) is 3.56. The van der Waals surface area contributed by atoms with Gasteiger partial charge in [0.2, 0.25) is 0 Å². The highest BCUT2D eigenvalue weighted by Gasteiger charge is 2.32. The van der Waals surface area contributed by atoms with E-state index in [1.165, 1.54) is 19.4 Å². The first-order valence-corrected chi connectivity index (χ1v) is 11.4. The zero-order valence-electron chi connectivity index (χ0n) is 19.2. The lowest BCUT2D eigenvalue weighted by atomic mass is 10.1. The van der Waals surface area contributed by atoms with E-state index in [9.17, 15) is 0 Å². The number of hydrogen-bond acceptors (Lipinski definition) is 6. The van der Waals surface area contributed by atoms with Crippen molar-refractivity contribution < 1.29 is 14.2 Å². The molecule has 2 unspecified atom stereocenters. The Balaban J connectivity index is 1.25. The molecule has 8 nitrogen and oxygen atoms in total. The van der Waals surface area contributed by atoms with Gasteiger partial charge in [-0.2, -0.15) is 0 Å². The average Bonchev–Trinajstić information content (AvgIpc) is 3.28. The average molecular weight is 432 g/mol. The van der Waals surface area contributed by atoms with E-state index in [1.807, 2.05) is 19.2 Å². The smallest absolute Gasteiger partial charge is 0.193 e. The second-order valence-corrected chi connectivity index (χ2v) is 8.62. The summed E-state index contributed by atoms with van der Waals surface area (Å²) in [5.41, 5.74) is 1.16. The van der Waals surface area contributed by atoms with E-state index >= 15 is 0 Å². The molecule has 1 aromatic rings. The molecule has 0 radical (unpaired) electrons. The lowest BCUT2D eigenvalue weighted by Gasteiger charge is -2.38. The van der Waals surface area contributed by atoms with Crippen LogP contribution >= 0.6 is 0 Å². The molecule has 0 saturated carbocycles. The van der Waals surface area contributed by atoms with Crippen molar-refractivity contribution >= 4 is 5.96 Å². The largest absolute Gasteiger partial charge is 0.497 e. The lowest BCUT2D eigenvalue weighted by Crippen LogP contribution is -2.55. The van der Waals surface area contributed by atoms with Gasteiger partial charge in [0.15, 0.2) is 5.96 Å². The van der Waals surface area contributed by atoms with E-state index < -0.39 is 0 Å². The molecule has 2 atom stereocenters. The van der Waals surface area contributed by atoms with Crippen LogP contribution in [0.4, 0.5) is 0 Å². The first-order valence-electron chi connectivity index (χ1n) is 11.4. The maximum atomic E-state index is 6.09. The second-order valence-electron chi connectivity index (χ2n) is 8.62. The SMILES string of the molecule is CN=C(NCC1CN2CCCC2CO1)N1CCN(Cc2cc(OC)ccc2OC)CC1. The maximum Gasteiger partial charge on any atom is 0.193 e. The first kappa shape index (κ1) is 22.2. The molecule has 4 rings (SSSR count). The molecule has 3 fully saturated rings. The molecule has 3 heterocycles. The fourth-order valence-corrected chi connectivity index (χ4v) is 4.91. The number of morpholine rings is 1. The van der Waals surface area contributed by atoms with Crippen LogP contribution in [-0.4, -0.2) is 106 Å². The zero-order valence-corrected chi connectivity index (χ0v) is 19.2. The molecule has 0 aliphatic carbocycles. The standard InChI is InChI=1S/C23H37N5O3/c1-24-23(25-14-21-16-28-8-4-5-19(28)17-31-21)27-11-9-26(10-12-27)15-18-13-20(29-2)6-7-22(18)30-3/h6-7,13,19,21H,4-5,8-12,14-17H2,1-3H3,(H,24,25). The van der Waals surface area contributed by atoms with Crippen molar-refractivity contribution in [3.05, 3.63) is 23.8 Å². The number of benzene rings is 1. The fraction of sp³-hybridized carbons (Fsp3) is 0.696. The summed E-state index contributed by atoms with van der Waals surface area (Å²) in [6, 6.07) is 6.64. The Hall–Kier alpha value is -2.03. The summed E-state index contributed by atoms with van der Waals surface area (Å²) in [6.07, 6.45) is 2.84. The van der Waals surface area contributed by atoms with Gasteiger partial charge in [-0.1, -0.05) is 0 Å². The highest BCUT2D eigenvalue weighted by atomic mass is 16.5. The Bertz CT molecular complexity index is 751. The van der Waals surface area contributed by atoms with Crippen LogP contribution < -0.4 is 14.8 Å². The number of rotatable bonds is 6. The number of hydrogen-bond donors (Lipinski definition) is 1. The molecule has 172 valence electrons. The number of nitrogens with zero attached hydrogens (tertiary/aromatic N) is 4. The third-order valence-corrected chi connectivity index (χ3v) is 6.71. The molecule has 3 aliphatic rings.